The number of aromatic carboxylic acids is 1. The Hall–Kier alpha value is -1.92. The fraction of sp³-hybridized carbons (Fsp3) is 0.0769. The highest BCUT2D eigenvalue weighted by molar-refractivity contribution is 7.90. The van der Waals surface area contributed by atoms with E-state index in [9.17, 15) is 13.2 Å². The number of carbonyl (C=O) groups is 1. The minimum absolute atomic E-state index is 0.0117. The first-order chi connectivity index (χ1) is 9.38. The van der Waals surface area contributed by atoms with Gasteiger partial charge in [-0.1, -0.05) is 11.6 Å². The average Bonchev–Trinajstić information content (AvgIpc) is 2.39. The van der Waals surface area contributed by atoms with Gasteiger partial charge in [0.05, 0.1) is 21.9 Å². The molecule has 20 heavy (non-hydrogen) atoms. The minimum Gasteiger partial charge on any atom is -0.478 e. The quantitative estimate of drug-likeness (QED) is 0.937. The molecule has 0 radical (unpaired) electrons. The molecular formula is C13H10ClNO4S. The van der Waals surface area contributed by atoms with Crippen LogP contribution in [-0.2, 0) is 15.6 Å². The van der Waals surface area contributed by atoms with Gasteiger partial charge < -0.3 is 5.11 Å². The van der Waals surface area contributed by atoms with Gasteiger partial charge >= 0.3 is 5.97 Å². The second-order valence-corrected chi connectivity index (χ2v) is 6.48. The number of nitrogens with zero attached hydrogens (tertiary/aromatic N) is 1. The summed E-state index contributed by atoms with van der Waals surface area (Å²) in [4.78, 5) is 14.7. The van der Waals surface area contributed by atoms with Crippen LogP contribution in [0.15, 0.2) is 47.5 Å². The van der Waals surface area contributed by atoms with Crippen LogP contribution < -0.4 is 0 Å². The van der Waals surface area contributed by atoms with E-state index in [-0.39, 0.29) is 21.9 Å². The molecule has 0 unspecified atom stereocenters. The summed E-state index contributed by atoms with van der Waals surface area (Å²) in [6.45, 7) is 0. The fourth-order valence-electron chi connectivity index (χ4n) is 1.56. The van der Waals surface area contributed by atoms with Crippen LogP contribution in [0, 0.1) is 0 Å². The molecule has 0 spiro atoms. The summed E-state index contributed by atoms with van der Waals surface area (Å²) in [5, 5.41) is 9.19. The van der Waals surface area contributed by atoms with Crippen LogP contribution in [0.25, 0.3) is 0 Å². The van der Waals surface area contributed by atoms with Crippen LogP contribution in [0.3, 0.4) is 0 Å². The number of aromatic nitrogens is 1. The van der Waals surface area contributed by atoms with Gasteiger partial charge in [0.15, 0.2) is 9.84 Å². The van der Waals surface area contributed by atoms with Crippen molar-refractivity contribution < 1.29 is 18.3 Å². The van der Waals surface area contributed by atoms with Gasteiger partial charge in [0, 0.05) is 11.2 Å². The van der Waals surface area contributed by atoms with Crippen LogP contribution >= 0.6 is 11.6 Å². The SMILES string of the molecule is O=C(O)c1ccc(CS(=O)(=O)c2ccc(Cl)cc2)nc1. The number of benzene rings is 1. The lowest BCUT2D eigenvalue weighted by Crippen LogP contribution is -2.07. The Balaban J connectivity index is 2.24. The predicted octanol–water partition coefficient (Wildman–Crippen LogP) is 2.41. The fourth-order valence-corrected chi connectivity index (χ4v) is 2.96. The van der Waals surface area contributed by atoms with Gasteiger partial charge in [0.1, 0.15) is 0 Å². The summed E-state index contributed by atoms with van der Waals surface area (Å²) in [5.74, 6) is -1.40. The first-order valence-corrected chi connectivity index (χ1v) is 7.58. The number of hydrogen-bond acceptors (Lipinski definition) is 4. The second-order valence-electron chi connectivity index (χ2n) is 4.06. The lowest BCUT2D eigenvalue weighted by atomic mass is 10.2. The summed E-state index contributed by atoms with van der Waals surface area (Å²) in [7, 11) is -3.53. The molecule has 0 bridgehead atoms. The Bertz CT molecular complexity index is 724. The molecule has 0 fully saturated rings. The number of sulfone groups is 1. The zero-order valence-corrected chi connectivity index (χ0v) is 11.7. The molecule has 1 aromatic carbocycles. The molecule has 2 aromatic rings. The van der Waals surface area contributed by atoms with Crippen molar-refractivity contribution in [1.29, 1.82) is 0 Å². The molecule has 0 saturated carbocycles. The summed E-state index contributed by atoms with van der Waals surface area (Å²) in [5.41, 5.74) is 0.294. The van der Waals surface area contributed by atoms with Crippen molar-refractivity contribution in [2.75, 3.05) is 0 Å². The van der Waals surface area contributed by atoms with Crippen molar-refractivity contribution >= 4 is 27.4 Å². The highest BCUT2D eigenvalue weighted by Crippen LogP contribution is 2.18. The van der Waals surface area contributed by atoms with E-state index >= 15 is 0 Å². The van der Waals surface area contributed by atoms with E-state index in [0.717, 1.165) is 6.20 Å². The molecule has 1 N–H and O–H groups in total. The maximum Gasteiger partial charge on any atom is 0.337 e. The Labute approximate surface area is 120 Å². The van der Waals surface area contributed by atoms with Crippen molar-refractivity contribution in [3.05, 3.63) is 58.9 Å². The van der Waals surface area contributed by atoms with E-state index < -0.39 is 15.8 Å². The zero-order chi connectivity index (χ0) is 14.8. The standard InChI is InChI=1S/C13H10ClNO4S/c14-10-2-5-12(6-3-10)20(18,19)8-11-4-1-9(7-15-11)13(16)17/h1-7H,8H2,(H,16,17). The van der Waals surface area contributed by atoms with E-state index in [1.165, 1.54) is 36.4 Å². The Morgan fingerprint density at radius 3 is 2.30 bits per heavy atom. The molecule has 5 nitrogen and oxygen atoms in total. The van der Waals surface area contributed by atoms with Crippen LogP contribution in [-0.4, -0.2) is 24.5 Å². The molecular weight excluding hydrogens is 302 g/mol. The van der Waals surface area contributed by atoms with Crippen molar-refractivity contribution in [2.24, 2.45) is 0 Å². The minimum atomic E-state index is -3.53. The molecule has 0 saturated heterocycles. The van der Waals surface area contributed by atoms with Crippen LogP contribution in [0.1, 0.15) is 16.1 Å². The van der Waals surface area contributed by atoms with Gasteiger partial charge in [-0.2, -0.15) is 0 Å². The highest BCUT2D eigenvalue weighted by Gasteiger charge is 2.16. The molecule has 0 aliphatic heterocycles. The Morgan fingerprint density at radius 1 is 1.15 bits per heavy atom. The Morgan fingerprint density at radius 2 is 1.80 bits per heavy atom. The molecule has 0 aliphatic rings. The molecule has 2 rings (SSSR count). The monoisotopic (exact) mass is 311 g/mol. The zero-order valence-electron chi connectivity index (χ0n) is 10.2. The van der Waals surface area contributed by atoms with Gasteiger partial charge in [-0.3, -0.25) is 4.98 Å². The number of carboxylic acid groups (broad SMARTS) is 1. The maximum atomic E-state index is 12.1. The normalized spacial score (nSPS) is 11.2. The largest absolute Gasteiger partial charge is 0.478 e. The third-order valence-electron chi connectivity index (χ3n) is 2.58. The number of carboxylic acids is 1. The van der Waals surface area contributed by atoms with E-state index in [0.29, 0.717) is 5.02 Å². The Kier molecular flexibility index (Phi) is 4.06. The van der Waals surface area contributed by atoms with Crippen molar-refractivity contribution in [1.82, 2.24) is 4.98 Å². The van der Waals surface area contributed by atoms with Gasteiger partial charge in [0.2, 0.25) is 0 Å². The third kappa shape index (κ3) is 3.34. The highest BCUT2D eigenvalue weighted by atomic mass is 35.5. The van der Waals surface area contributed by atoms with Crippen molar-refractivity contribution in [2.45, 2.75) is 10.6 Å². The molecule has 0 amide bonds. The van der Waals surface area contributed by atoms with E-state index in [4.69, 9.17) is 16.7 Å². The molecule has 104 valence electrons. The number of pyridine rings is 1. The average molecular weight is 312 g/mol. The summed E-state index contributed by atoms with van der Waals surface area (Å²) < 4.78 is 24.3. The number of halogens is 1. The molecule has 0 atom stereocenters. The van der Waals surface area contributed by atoms with Crippen LogP contribution in [0.2, 0.25) is 5.02 Å². The molecule has 1 aromatic heterocycles. The van der Waals surface area contributed by atoms with E-state index in [1.54, 1.807) is 0 Å². The van der Waals surface area contributed by atoms with E-state index in [1.807, 2.05) is 0 Å². The maximum absolute atomic E-state index is 12.1. The number of hydrogen-bond donors (Lipinski definition) is 1. The van der Waals surface area contributed by atoms with Crippen LogP contribution in [0.5, 0.6) is 0 Å². The molecule has 0 aliphatic carbocycles. The molecule has 1 heterocycles. The first-order valence-electron chi connectivity index (χ1n) is 5.55. The van der Waals surface area contributed by atoms with Gasteiger partial charge in [-0.25, -0.2) is 13.2 Å². The second kappa shape index (κ2) is 5.60. The third-order valence-corrected chi connectivity index (χ3v) is 4.50. The summed E-state index contributed by atoms with van der Waals surface area (Å²) >= 11 is 5.71. The van der Waals surface area contributed by atoms with Crippen LogP contribution in [0.4, 0.5) is 0 Å². The van der Waals surface area contributed by atoms with Gasteiger partial charge in [-0.05, 0) is 36.4 Å². The van der Waals surface area contributed by atoms with Gasteiger partial charge in [-0.15, -0.1) is 0 Å². The lowest BCUT2D eigenvalue weighted by Gasteiger charge is -2.04. The van der Waals surface area contributed by atoms with Crippen molar-refractivity contribution in [3.8, 4) is 0 Å². The smallest absolute Gasteiger partial charge is 0.337 e. The first kappa shape index (κ1) is 14.5. The topological polar surface area (TPSA) is 84.3 Å². The molecule has 7 heteroatoms. The lowest BCUT2D eigenvalue weighted by molar-refractivity contribution is 0.0696. The predicted molar refractivity (Wildman–Crippen MR) is 73.5 cm³/mol. The number of rotatable bonds is 4. The van der Waals surface area contributed by atoms with Gasteiger partial charge in [0.25, 0.3) is 0 Å². The summed E-state index contributed by atoms with van der Waals surface area (Å²) in [6, 6.07) is 8.54. The summed E-state index contributed by atoms with van der Waals surface area (Å²) in [6.07, 6.45) is 1.13. The van der Waals surface area contributed by atoms with Crippen molar-refractivity contribution in [3.63, 3.8) is 0 Å². The van der Waals surface area contributed by atoms with E-state index in [2.05, 4.69) is 4.98 Å².